The predicted molar refractivity (Wildman–Crippen MR) is 78.9 cm³/mol. The minimum Gasteiger partial charge on any atom is -0.368 e. The smallest absolute Gasteiger partial charge is 0.220 e. The van der Waals surface area contributed by atoms with Gasteiger partial charge < -0.3 is 15.6 Å². The average molecular weight is 268 g/mol. The summed E-state index contributed by atoms with van der Waals surface area (Å²) in [7, 11) is 3.99. The molecular weight excluding hydrogens is 252 g/mol. The van der Waals surface area contributed by atoms with Gasteiger partial charge in [-0.1, -0.05) is 0 Å². The maximum Gasteiger partial charge on any atom is 0.220 e. The lowest BCUT2D eigenvalue weighted by Crippen LogP contribution is -2.13. The zero-order valence-electron chi connectivity index (χ0n) is 11.5. The molecule has 0 unspecified atom stereocenters. The van der Waals surface area contributed by atoms with Crippen LogP contribution in [-0.2, 0) is 6.54 Å². The molecule has 6 nitrogen and oxygen atoms in total. The number of hydrogen-bond donors (Lipinski definition) is 2. The molecule has 3 rings (SSSR count). The third-order valence-electron chi connectivity index (χ3n) is 3.00. The number of nitrogens with two attached hydrogens (primary N) is 1. The van der Waals surface area contributed by atoms with Gasteiger partial charge >= 0.3 is 0 Å². The van der Waals surface area contributed by atoms with Crippen LogP contribution in [0.3, 0.4) is 0 Å². The van der Waals surface area contributed by atoms with Crippen LogP contribution < -0.4 is 5.73 Å². The Morgan fingerprint density at radius 2 is 2.15 bits per heavy atom. The standard InChI is InChI=1S/C14H16N6/c1-20(2)8-9-6-12(19-14(15)18-9)11-7-17-13-10(11)4-3-5-16-13/h3-7H,8H2,1-2H3,(H,16,17)(H2,15,18,19). The third kappa shape index (κ3) is 2.33. The number of aromatic nitrogens is 4. The van der Waals surface area contributed by atoms with Crippen molar-refractivity contribution in [3.8, 4) is 11.3 Å². The number of nitrogens with zero attached hydrogens (tertiary/aromatic N) is 4. The van der Waals surface area contributed by atoms with Crippen LogP contribution in [0.25, 0.3) is 22.3 Å². The summed E-state index contributed by atoms with van der Waals surface area (Å²) in [5.74, 6) is 0.289. The summed E-state index contributed by atoms with van der Waals surface area (Å²) in [4.78, 5) is 18.1. The molecule has 0 radical (unpaired) electrons. The largest absolute Gasteiger partial charge is 0.368 e. The molecule has 0 bridgehead atoms. The van der Waals surface area contributed by atoms with Crippen LogP contribution in [-0.4, -0.2) is 38.9 Å². The topological polar surface area (TPSA) is 83.7 Å². The Bertz CT molecular complexity index is 746. The van der Waals surface area contributed by atoms with E-state index in [9.17, 15) is 0 Å². The quantitative estimate of drug-likeness (QED) is 0.754. The molecule has 6 heteroatoms. The first-order valence-corrected chi connectivity index (χ1v) is 6.34. The van der Waals surface area contributed by atoms with Gasteiger partial charge in [-0.15, -0.1) is 0 Å². The van der Waals surface area contributed by atoms with Gasteiger partial charge in [0, 0.05) is 29.9 Å². The summed E-state index contributed by atoms with van der Waals surface area (Å²) in [6.45, 7) is 0.723. The Balaban J connectivity index is 2.11. The Labute approximate surface area is 116 Å². The van der Waals surface area contributed by atoms with Crippen LogP contribution in [0, 0.1) is 0 Å². The van der Waals surface area contributed by atoms with Crippen molar-refractivity contribution in [1.82, 2.24) is 24.8 Å². The fourth-order valence-corrected chi connectivity index (χ4v) is 2.23. The maximum absolute atomic E-state index is 5.82. The van der Waals surface area contributed by atoms with E-state index in [1.807, 2.05) is 43.4 Å². The van der Waals surface area contributed by atoms with Crippen LogP contribution >= 0.6 is 0 Å². The molecule has 0 amide bonds. The third-order valence-corrected chi connectivity index (χ3v) is 3.00. The van der Waals surface area contributed by atoms with Crippen molar-refractivity contribution < 1.29 is 0 Å². The molecule has 0 spiro atoms. The zero-order chi connectivity index (χ0) is 14.1. The number of anilines is 1. The van der Waals surface area contributed by atoms with Crippen molar-refractivity contribution in [2.45, 2.75) is 6.54 Å². The van der Waals surface area contributed by atoms with E-state index >= 15 is 0 Å². The van der Waals surface area contributed by atoms with Crippen molar-refractivity contribution in [1.29, 1.82) is 0 Å². The number of pyridine rings is 1. The van der Waals surface area contributed by atoms with Gasteiger partial charge in [0.15, 0.2) is 0 Å². The van der Waals surface area contributed by atoms with Crippen molar-refractivity contribution in [2.24, 2.45) is 0 Å². The predicted octanol–water partition coefficient (Wildman–Crippen LogP) is 1.66. The Kier molecular flexibility index (Phi) is 3.08. The second kappa shape index (κ2) is 4.90. The Morgan fingerprint density at radius 1 is 1.30 bits per heavy atom. The summed E-state index contributed by atoms with van der Waals surface area (Å²) in [5, 5.41) is 1.03. The van der Waals surface area contributed by atoms with E-state index in [0.29, 0.717) is 0 Å². The van der Waals surface area contributed by atoms with Crippen molar-refractivity contribution >= 4 is 17.0 Å². The summed E-state index contributed by atoms with van der Waals surface area (Å²) in [6, 6.07) is 5.88. The number of nitrogen functional groups attached to an aromatic ring is 1. The van der Waals surface area contributed by atoms with Gasteiger partial charge in [-0.25, -0.2) is 15.0 Å². The lowest BCUT2D eigenvalue weighted by atomic mass is 10.1. The molecule has 0 aliphatic heterocycles. The fraction of sp³-hybridized carbons (Fsp3) is 0.214. The lowest BCUT2D eigenvalue weighted by Gasteiger charge is -2.10. The molecule has 0 atom stereocenters. The van der Waals surface area contributed by atoms with Crippen molar-refractivity contribution in [2.75, 3.05) is 19.8 Å². The van der Waals surface area contributed by atoms with Crippen LogP contribution in [0.15, 0.2) is 30.6 Å². The van der Waals surface area contributed by atoms with Gasteiger partial charge in [-0.2, -0.15) is 0 Å². The molecule has 20 heavy (non-hydrogen) atoms. The van der Waals surface area contributed by atoms with E-state index in [0.717, 1.165) is 34.5 Å². The summed E-state index contributed by atoms with van der Waals surface area (Å²) in [5.41, 5.74) is 9.36. The van der Waals surface area contributed by atoms with Gasteiger partial charge in [-0.3, -0.25) is 0 Å². The molecule has 3 aromatic heterocycles. The molecule has 0 aliphatic carbocycles. The van der Waals surface area contributed by atoms with Gasteiger partial charge in [-0.05, 0) is 32.3 Å². The lowest BCUT2D eigenvalue weighted by molar-refractivity contribution is 0.397. The van der Waals surface area contributed by atoms with E-state index in [1.165, 1.54) is 0 Å². The second-order valence-corrected chi connectivity index (χ2v) is 4.94. The van der Waals surface area contributed by atoms with E-state index in [1.54, 1.807) is 6.20 Å². The van der Waals surface area contributed by atoms with E-state index in [2.05, 4.69) is 19.9 Å². The Hall–Kier alpha value is -2.47. The van der Waals surface area contributed by atoms with Crippen LogP contribution in [0.4, 0.5) is 5.95 Å². The molecule has 3 aromatic rings. The summed E-state index contributed by atoms with van der Waals surface area (Å²) < 4.78 is 0. The molecule has 0 fully saturated rings. The number of rotatable bonds is 3. The van der Waals surface area contributed by atoms with E-state index in [-0.39, 0.29) is 5.95 Å². The summed E-state index contributed by atoms with van der Waals surface area (Å²) in [6.07, 6.45) is 3.66. The number of H-pyrrole nitrogens is 1. The molecule has 3 heterocycles. The molecule has 3 N–H and O–H groups in total. The van der Waals surface area contributed by atoms with Crippen LogP contribution in [0.5, 0.6) is 0 Å². The van der Waals surface area contributed by atoms with Crippen LogP contribution in [0.2, 0.25) is 0 Å². The number of aromatic amines is 1. The molecule has 0 saturated heterocycles. The molecule has 0 saturated carbocycles. The number of hydrogen-bond acceptors (Lipinski definition) is 5. The minimum atomic E-state index is 0.289. The van der Waals surface area contributed by atoms with E-state index in [4.69, 9.17) is 5.73 Å². The fourth-order valence-electron chi connectivity index (χ4n) is 2.23. The maximum atomic E-state index is 5.82. The molecule has 0 aliphatic rings. The van der Waals surface area contributed by atoms with Crippen molar-refractivity contribution in [3.05, 3.63) is 36.3 Å². The highest BCUT2D eigenvalue weighted by Gasteiger charge is 2.10. The van der Waals surface area contributed by atoms with Gasteiger partial charge in [0.05, 0.1) is 11.4 Å². The molecular formula is C14H16N6. The second-order valence-electron chi connectivity index (χ2n) is 4.94. The first kappa shape index (κ1) is 12.6. The highest BCUT2D eigenvalue weighted by atomic mass is 15.1. The number of nitrogens with one attached hydrogen (secondary N) is 1. The molecule has 102 valence electrons. The molecule has 0 aromatic carbocycles. The van der Waals surface area contributed by atoms with Crippen molar-refractivity contribution in [3.63, 3.8) is 0 Å². The minimum absolute atomic E-state index is 0.289. The van der Waals surface area contributed by atoms with E-state index < -0.39 is 0 Å². The monoisotopic (exact) mass is 268 g/mol. The summed E-state index contributed by atoms with van der Waals surface area (Å²) >= 11 is 0. The van der Waals surface area contributed by atoms with Gasteiger partial charge in [0.1, 0.15) is 5.65 Å². The van der Waals surface area contributed by atoms with Crippen LogP contribution in [0.1, 0.15) is 5.69 Å². The van der Waals surface area contributed by atoms with Gasteiger partial charge in [0.2, 0.25) is 5.95 Å². The average Bonchev–Trinajstić information content (AvgIpc) is 2.80. The normalized spacial score (nSPS) is 11.3. The first-order valence-electron chi connectivity index (χ1n) is 6.34. The first-order chi connectivity index (χ1) is 9.63. The number of fused-ring (bicyclic) bond motifs is 1. The Morgan fingerprint density at radius 3 is 2.95 bits per heavy atom. The zero-order valence-corrected chi connectivity index (χ0v) is 11.5. The SMILES string of the molecule is CN(C)Cc1cc(-c2c[nH]c3ncccc23)nc(N)n1. The van der Waals surface area contributed by atoms with Gasteiger partial charge in [0.25, 0.3) is 0 Å². The highest BCUT2D eigenvalue weighted by molar-refractivity contribution is 5.92. The highest BCUT2D eigenvalue weighted by Crippen LogP contribution is 2.26.